The molecule has 11 heavy (non-hydrogen) atoms. The lowest BCUT2D eigenvalue weighted by Gasteiger charge is -1.95. The van der Waals surface area contributed by atoms with Gasteiger partial charge in [-0.15, -0.1) is 16.3 Å². The Bertz CT molecular complexity index is 282. The molecule has 3 N–H and O–H groups in total. The predicted octanol–water partition coefficient (Wildman–Crippen LogP) is 0.351. The lowest BCUT2D eigenvalue weighted by atomic mass is 10.9. The second-order valence-corrected chi connectivity index (χ2v) is 2.45. The molecule has 0 unspecified atom stereocenters. The van der Waals surface area contributed by atoms with Crippen molar-refractivity contribution in [2.45, 2.75) is 0 Å². The molecular formula is C5H5N5S. The number of nitrogens with zero attached hydrogens (tertiary/aromatic N) is 3. The first-order valence-electron chi connectivity index (χ1n) is 2.71. The Balaban J connectivity index is 2.58. The normalized spacial score (nSPS) is 10.6. The van der Waals surface area contributed by atoms with E-state index >= 15 is 0 Å². The van der Waals surface area contributed by atoms with Gasteiger partial charge < -0.3 is 11.1 Å². The van der Waals surface area contributed by atoms with Crippen LogP contribution in [-0.4, -0.2) is 10.9 Å². The zero-order chi connectivity index (χ0) is 8.10. The number of anilines is 1. The number of guanidine groups is 1. The van der Waals surface area contributed by atoms with Gasteiger partial charge in [0.1, 0.15) is 0 Å². The minimum Gasteiger partial charge on any atom is -0.369 e. The highest BCUT2D eigenvalue weighted by molar-refractivity contribution is 7.13. The van der Waals surface area contributed by atoms with E-state index in [4.69, 9.17) is 11.0 Å². The van der Waals surface area contributed by atoms with Crippen molar-refractivity contribution < 1.29 is 0 Å². The van der Waals surface area contributed by atoms with Crippen LogP contribution in [0.1, 0.15) is 0 Å². The van der Waals surface area contributed by atoms with Crippen LogP contribution in [0.4, 0.5) is 5.13 Å². The lowest BCUT2D eigenvalue weighted by molar-refractivity contribution is 1.37. The molecule has 1 rings (SSSR count). The Hall–Kier alpha value is -1.61. The number of hydrogen-bond donors (Lipinski definition) is 2. The number of nitrogens with one attached hydrogen (secondary N) is 1. The van der Waals surface area contributed by atoms with Crippen LogP contribution in [0.5, 0.6) is 0 Å². The Morgan fingerprint density at radius 1 is 1.91 bits per heavy atom. The maximum atomic E-state index is 8.09. The van der Waals surface area contributed by atoms with Crippen LogP contribution in [0.3, 0.4) is 0 Å². The third kappa shape index (κ3) is 2.23. The van der Waals surface area contributed by atoms with E-state index in [2.05, 4.69) is 15.3 Å². The van der Waals surface area contributed by atoms with Crippen molar-refractivity contribution in [2.24, 2.45) is 10.7 Å². The zero-order valence-corrected chi connectivity index (χ0v) is 6.30. The van der Waals surface area contributed by atoms with E-state index in [1.54, 1.807) is 17.8 Å². The molecule has 0 bridgehead atoms. The molecule has 0 spiro atoms. The number of nitriles is 1. The summed E-state index contributed by atoms with van der Waals surface area (Å²) in [5.41, 5.74) is 5.26. The number of hydrogen-bond acceptors (Lipinski definition) is 4. The van der Waals surface area contributed by atoms with Crippen LogP contribution in [0.15, 0.2) is 16.6 Å². The van der Waals surface area contributed by atoms with E-state index in [1.807, 2.05) is 0 Å². The fraction of sp³-hybridized carbons (Fsp3) is 0. The van der Waals surface area contributed by atoms with Gasteiger partial charge in [0.05, 0.1) is 0 Å². The van der Waals surface area contributed by atoms with Gasteiger partial charge in [0, 0.05) is 11.6 Å². The molecule has 0 saturated heterocycles. The van der Waals surface area contributed by atoms with E-state index in [9.17, 15) is 0 Å². The highest BCUT2D eigenvalue weighted by Gasteiger charge is 1.94. The molecule has 0 aliphatic heterocycles. The molecule has 0 atom stereocenters. The Morgan fingerprint density at radius 3 is 3.27 bits per heavy atom. The van der Waals surface area contributed by atoms with Gasteiger partial charge in [0.2, 0.25) is 12.2 Å². The summed E-state index contributed by atoms with van der Waals surface area (Å²) in [5, 5.41) is 13.1. The van der Waals surface area contributed by atoms with Crippen LogP contribution < -0.4 is 11.1 Å². The second-order valence-electron chi connectivity index (χ2n) is 1.56. The first-order chi connectivity index (χ1) is 5.33. The molecule has 0 radical (unpaired) electrons. The largest absolute Gasteiger partial charge is 0.369 e. The van der Waals surface area contributed by atoms with Gasteiger partial charge in [-0.1, -0.05) is 0 Å². The van der Waals surface area contributed by atoms with Crippen LogP contribution in [0.2, 0.25) is 0 Å². The van der Waals surface area contributed by atoms with Crippen LogP contribution in [-0.2, 0) is 0 Å². The topological polar surface area (TPSA) is 87.1 Å². The third-order valence-corrected chi connectivity index (χ3v) is 1.53. The smallest absolute Gasteiger partial charge is 0.210 e. The molecule has 0 amide bonds. The van der Waals surface area contributed by atoms with Gasteiger partial charge in [0.15, 0.2) is 5.13 Å². The Labute approximate surface area is 67.2 Å². The minimum absolute atomic E-state index is 0.0578. The van der Waals surface area contributed by atoms with Crippen LogP contribution in [0, 0.1) is 11.5 Å². The first kappa shape index (κ1) is 7.50. The fourth-order valence-electron chi connectivity index (χ4n) is 0.477. The van der Waals surface area contributed by atoms with Crippen molar-refractivity contribution in [3.8, 4) is 6.19 Å². The summed E-state index contributed by atoms with van der Waals surface area (Å²) in [6.45, 7) is 0. The number of thiazole rings is 1. The van der Waals surface area contributed by atoms with Gasteiger partial charge in [-0.25, -0.2) is 4.98 Å². The van der Waals surface area contributed by atoms with E-state index in [0.717, 1.165) is 0 Å². The summed E-state index contributed by atoms with van der Waals surface area (Å²) in [7, 11) is 0. The molecule has 6 heteroatoms. The molecule has 0 aliphatic rings. The van der Waals surface area contributed by atoms with Gasteiger partial charge in [0.25, 0.3) is 0 Å². The summed E-state index contributed by atoms with van der Waals surface area (Å²) >= 11 is 1.38. The number of aromatic nitrogens is 1. The van der Waals surface area contributed by atoms with Crippen molar-refractivity contribution in [3.63, 3.8) is 0 Å². The molecule has 1 aromatic heterocycles. The third-order valence-electron chi connectivity index (χ3n) is 0.838. The SMILES string of the molecule is N#CN=C(N)Nc1nccs1. The minimum atomic E-state index is 0.0578. The Morgan fingerprint density at radius 2 is 2.73 bits per heavy atom. The Kier molecular flexibility index (Phi) is 2.41. The summed E-state index contributed by atoms with van der Waals surface area (Å²) in [6, 6.07) is 0. The molecular weight excluding hydrogens is 162 g/mol. The second kappa shape index (κ2) is 3.53. The summed E-state index contributed by atoms with van der Waals surface area (Å²) in [6.07, 6.45) is 3.19. The summed E-state index contributed by atoms with van der Waals surface area (Å²) < 4.78 is 0. The highest BCUT2D eigenvalue weighted by Crippen LogP contribution is 2.08. The maximum Gasteiger partial charge on any atom is 0.210 e. The van der Waals surface area contributed by atoms with Crippen LogP contribution in [0.25, 0.3) is 0 Å². The predicted molar refractivity (Wildman–Crippen MR) is 43.0 cm³/mol. The average molecular weight is 167 g/mol. The molecule has 56 valence electrons. The van der Waals surface area contributed by atoms with Gasteiger partial charge >= 0.3 is 0 Å². The van der Waals surface area contributed by atoms with E-state index in [0.29, 0.717) is 5.13 Å². The lowest BCUT2D eigenvalue weighted by Crippen LogP contribution is -2.21. The number of nitrogens with two attached hydrogens (primary N) is 1. The summed E-state index contributed by atoms with van der Waals surface area (Å²) in [5.74, 6) is 0.0578. The standard InChI is InChI=1S/C5H5N5S/c6-3-9-4(7)10-5-8-1-2-11-5/h1-2H,(H3,7,8,9,10). The fourth-order valence-corrected chi connectivity index (χ4v) is 1.01. The number of aliphatic imine (C=N–C) groups is 1. The monoisotopic (exact) mass is 167 g/mol. The van der Waals surface area contributed by atoms with Crippen molar-refractivity contribution in [1.29, 1.82) is 5.26 Å². The molecule has 0 aliphatic carbocycles. The molecule has 1 heterocycles. The average Bonchev–Trinajstić information content (AvgIpc) is 2.40. The van der Waals surface area contributed by atoms with Crippen LogP contribution >= 0.6 is 11.3 Å². The first-order valence-corrected chi connectivity index (χ1v) is 3.59. The van der Waals surface area contributed by atoms with Gasteiger partial charge in [-0.2, -0.15) is 5.26 Å². The maximum absolute atomic E-state index is 8.09. The van der Waals surface area contributed by atoms with E-state index < -0.39 is 0 Å². The molecule has 5 nitrogen and oxygen atoms in total. The summed E-state index contributed by atoms with van der Waals surface area (Å²) in [4.78, 5) is 7.13. The van der Waals surface area contributed by atoms with Crippen molar-refractivity contribution in [2.75, 3.05) is 5.32 Å². The van der Waals surface area contributed by atoms with Crippen molar-refractivity contribution in [1.82, 2.24) is 4.98 Å². The van der Waals surface area contributed by atoms with Crippen molar-refractivity contribution in [3.05, 3.63) is 11.6 Å². The number of rotatable bonds is 1. The molecule has 0 saturated carbocycles. The van der Waals surface area contributed by atoms with E-state index in [1.165, 1.54) is 11.3 Å². The quantitative estimate of drug-likeness (QED) is 0.359. The molecule has 1 aromatic rings. The van der Waals surface area contributed by atoms with E-state index in [-0.39, 0.29) is 5.96 Å². The van der Waals surface area contributed by atoms with Gasteiger partial charge in [-0.05, 0) is 0 Å². The van der Waals surface area contributed by atoms with Crippen molar-refractivity contribution >= 4 is 22.4 Å². The molecule has 0 aromatic carbocycles. The zero-order valence-electron chi connectivity index (χ0n) is 5.48. The molecule has 0 fully saturated rings. The highest BCUT2D eigenvalue weighted by atomic mass is 32.1. The van der Waals surface area contributed by atoms with Gasteiger partial charge in [-0.3, -0.25) is 0 Å².